The average molecular weight is 383 g/mol. The lowest BCUT2D eigenvalue weighted by atomic mass is 10.1. The first-order valence-corrected chi connectivity index (χ1v) is 9.77. The van der Waals surface area contributed by atoms with E-state index in [-0.39, 0.29) is 19.1 Å². The summed E-state index contributed by atoms with van der Waals surface area (Å²) in [5.74, 6) is -1.79. The molecule has 2 aromatic rings. The number of sulfonamides is 1. The molecule has 0 bridgehead atoms. The number of hydrogen-bond donors (Lipinski definition) is 0. The van der Waals surface area contributed by atoms with Gasteiger partial charge in [0.05, 0.1) is 6.54 Å². The van der Waals surface area contributed by atoms with Crippen LogP contribution in [0.3, 0.4) is 0 Å². The van der Waals surface area contributed by atoms with Crippen LogP contribution in [-0.4, -0.2) is 41.9 Å². The first-order chi connectivity index (χ1) is 12.4. The van der Waals surface area contributed by atoms with Crippen molar-refractivity contribution in [3.8, 4) is 6.01 Å². The molecule has 9 heteroatoms. The van der Waals surface area contributed by atoms with Crippen LogP contribution in [0.5, 0.6) is 6.01 Å². The Balaban J connectivity index is 1.75. The van der Waals surface area contributed by atoms with Crippen LogP contribution in [0.25, 0.3) is 0 Å². The monoisotopic (exact) mass is 383 g/mol. The second kappa shape index (κ2) is 7.63. The first-order valence-electron chi connectivity index (χ1n) is 8.33. The molecule has 3 rings (SSSR count). The Kier molecular flexibility index (Phi) is 5.47. The summed E-state index contributed by atoms with van der Waals surface area (Å²) in [6.45, 7) is 2.22. The van der Waals surface area contributed by atoms with Gasteiger partial charge in [-0.1, -0.05) is 6.92 Å². The molecular formula is C17H19F2N3O3S. The van der Waals surface area contributed by atoms with E-state index in [1.807, 2.05) is 6.92 Å². The number of rotatable bonds is 5. The lowest BCUT2D eigenvalue weighted by Gasteiger charge is -2.31. The highest BCUT2D eigenvalue weighted by Crippen LogP contribution is 2.25. The molecule has 1 fully saturated rings. The topological polar surface area (TPSA) is 72.4 Å². The molecule has 0 amide bonds. The molecule has 1 aliphatic rings. The molecule has 1 atom stereocenters. The average Bonchev–Trinajstić information content (AvgIpc) is 2.64. The van der Waals surface area contributed by atoms with E-state index in [0.29, 0.717) is 18.9 Å². The zero-order valence-corrected chi connectivity index (χ0v) is 15.0. The number of aryl methyl sites for hydroxylation is 1. The maximum atomic E-state index is 13.9. The summed E-state index contributed by atoms with van der Waals surface area (Å²) >= 11 is 0. The molecule has 0 radical (unpaired) electrons. The van der Waals surface area contributed by atoms with E-state index in [4.69, 9.17) is 4.74 Å². The Labute approximate surface area is 150 Å². The van der Waals surface area contributed by atoms with Gasteiger partial charge in [-0.25, -0.2) is 27.2 Å². The maximum Gasteiger partial charge on any atom is 0.316 e. The molecule has 140 valence electrons. The van der Waals surface area contributed by atoms with Crippen molar-refractivity contribution in [2.75, 3.05) is 13.1 Å². The molecule has 1 aromatic heterocycles. The summed E-state index contributed by atoms with van der Waals surface area (Å²) < 4.78 is 59.4. The van der Waals surface area contributed by atoms with Gasteiger partial charge in [-0.2, -0.15) is 4.31 Å². The SMILES string of the molecule is CCc1cnc(OC2CCCN(S(=O)(=O)c3cc(F)ccc3F)C2)nc1. The fourth-order valence-electron chi connectivity index (χ4n) is 2.77. The minimum Gasteiger partial charge on any atom is -0.459 e. The molecule has 6 nitrogen and oxygen atoms in total. The Morgan fingerprint density at radius 3 is 2.69 bits per heavy atom. The van der Waals surface area contributed by atoms with Crippen LogP contribution in [-0.2, 0) is 16.4 Å². The number of hydrogen-bond acceptors (Lipinski definition) is 5. The van der Waals surface area contributed by atoms with Crippen LogP contribution in [0.4, 0.5) is 8.78 Å². The summed E-state index contributed by atoms with van der Waals surface area (Å²) in [7, 11) is -4.15. The fraction of sp³-hybridized carbons (Fsp3) is 0.412. The Morgan fingerprint density at radius 2 is 2.00 bits per heavy atom. The summed E-state index contributed by atoms with van der Waals surface area (Å²) in [4.78, 5) is 7.54. The van der Waals surface area contributed by atoms with Crippen LogP contribution in [0, 0.1) is 11.6 Å². The van der Waals surface area contributed by atoms with E-state index in [0.717, 1.165) is 28.4 Å². The molecule has 0 spiro atoms. The van der Waals surface area contributed by atoms with Crippen LogP contribution in [0.2, 0.25) is 0 Å². The van der Waals surface area contributed by atoms with E-state index >= 15 is 0 Å². The van der Waals surface area contributed by atoms with Crippen molar-refractivity contribution in [3.63, 3.8) is 0 Å². The second-order valence-electron chi connectivity index (χ2n) is 6.05. The Hall–Kier alpha value is -2.13. The Bertz CT molecular complexity index is 875. The third-order valence-electron chi connectivity index (χ3n) is 4.21. The van der Waals surface area contributed by atoms with E-state index in [2.05, 4.69) is 9.97 Å². The van der Waals surface area contributed by atoms with Gasteiger partial charge in [0.25, 0.3) is 0 Å². The number of halogens is 2. The molecule has 1 unspecified atom stereocenters. The maximum absolute atomic E-state index is 13.9. The molecule has 1 saturated heterocycles. The summed E-state index contributed by atoms with van der Waals surface area (Å²) in [6, 6.07) is 2.56. The van der Waals surface area contributed by atoms with Crippen molar-refractivity contribution in [3.05, 3.63) is 47.8 Å². The van der Waals surface area contributed by atoms with Gasteiger partial charge in [0.2, 0.25) is 10.0 Å². The van der Waals surface area contributed by atoms with Gasteiger partial charge in [0.15, 0.2) is 0 Å². The van der Waals surface area contributed by atoms with Crippen LogP contribution in [0.15, 0.2) is 35.5 Å². The molecule has 1 aromatic carbocycles. The zero-order valence-electron chi connectivity index (χ0n) is 14.2. The van der Waals surface area contributed by atoms with Gasteiger partial charge in [0.1, 0.15) is 22.6 Å². The molecule has 0 N–H and O–H groups in total. The lowest BCUT2D eigenvalue weighted by Crippen LogP contribution is -2.44. The van der Waals surface area contributed by atoms with E-state index in [1.54, 1.807) is 12.4 Å². The smallest absolute Gasteiger partial charge is 0.316 e. The normalized spacial score (nSPS) is 18.7. The van der Waals surface area contributed by atoms with Gasteiger partial charge in [-0.3, -0.25) is 0 Å². The van der Waals surface area contributed by atoms with Gasteiger partial charge >= 0.3 is 6.01 Å². The zero-order chi connectivity index (χ0) is 18.7. The van der Waals surface area contributed by atoms with Crippen molar-refractivity contribution in [1.29, 1.82) is 0 Å². The molecule has 0 saturated carbocycles. The van der Waals surface area contributed by atoms with Crippen molar-refractivity contribution in [2.45, 2.75) is 37.2 Å². The molecule has 26 heavy (non-hydrogen) atoms. The second-order valence-corrected chi connectivity index (χ2v) is 7.95. The standard InChI is InChI=1S/C17H19F2N3O3S/c1-2-12-9-20-17(21-10-12)25-14-4-3-7-22(11-14)26(23,24)16-8-13(18)5-6-15(16)19/h5-6,8-10,14H,2-4,7,11H2,1H3. The predicted octanol–water partition coefficient (Wildman–Crippen LogP) is 2.55. The van der Waals surface area contributed by atoms with Crippen LogP contribution >= 0.6 is 0 Å². The first kappa shape index (κ1) is 18.7. The predicted molar refractivity (Wildman–Crippen MR) is 90.2 cm³/mol. The lowest BCUT2D eigenvalue weighted by molar-refractivity contribution is 0.119. The summed E-state index contributed by atoms with van der Waals surface area (Å²) in [5.41, 5.74) is 0.965. The third kappa shape index (κ3) is 3.99. The number of ether oxygens (including phenoxy) is 1. The summed E-state index contributed by atoms with van der Waals surface area (Å²) in [5, 5.41) is 0. The number of nitrogens with zero attached hydrogens (tertiary/aromatic N) is 3. The van der Waals surface area contributed by atoms with Crippen LogP contribution in [0.1, 0.15) is 25.3 Å². The van der Waals surface area contributed by atoms with Gasteiger partial charge in [0, 0.05) is 18.9 Å². The van der Waals surface area contributed by atoms with Crippen LogP contribution < -0.4 is 4.74 Å². The number of aromatic nitrogens is 2. The van der Waals surface area contributed by atoms with Gasteiger partial charge in [-0.05, 0) is 43.0 Å². The number of benzene rings is 1. The van der Waals surface area contributed by atoms with Crippen molar-refractivity contribution in [2.24, 2.45) is 0 Å². The highest BCUT2D eigenvalue weighted by Gasteiger charge is 2.33. The largest absolute Gasteiger partial charge is 0.459 e. The molecular weight excluding hydrogens is 364 g/mol. The van der Waals surface area contributed by atoms with E-state index < -0.39 is 32.7 Å². The number of piperidine rings is 1. The van der Waals surface area contributed by atoms with Crippen molar-refractivity contribution in [1.82, 2.24) is 14.3 Å². The minimum absolute atomic E-state index is 0.0250. The highest BCUT2D eigenvalue weighted by atomic mass is 32.2. The van der Waals surface area contributed by atoms with E-state index in [1.165, 1.54) is 0 Å². The van der Waals surface area contributed by atoms with Gasteiger partial charge in [-0.15, -0.1) is 0 Å². The van der Waals surface area contributed by atoms with Crippen molar-refractivity contribution >= 4 is 10.0 Å². The van der Waals surface area contributed by atoms with Crippen molar-refractivity contribution < 1.29 is 21.9 Å². The third-order valence-corrected chi connectivity index (χ3v) is 6.09. The Morgan fingerprint density at radius 1 is 1.27 bits per heavy atom. The molecule has 1 aliphatic heterocycles. The molecule has 0 aliphatic carbocycles. The van der Waals surface area contributed by atoms with E-state index in [9.17, 15) is 17.2 Å². The highest BCUT2D eigenvalue weighted by molar-refractivity contribution is 7.89. The van der Waals surface area contributed by atoms with Gasteiger partial charge < -0.3 is 4.74 Å². The molecule has 2 heterocycles. The summed E-state index contributed by atoms with van der Waals surface area (Å²) in [6.07, 6.45) is 4.81. The quantitative estimate of drug-likeness (QED) is 0.793. The minimum atomic E-state index is -4.15. The fourth-order valence-corrected chi connectivity index (χ4v) is 4.36.